The number of hydrogen-bond acceptors (Lipinski definition) is 2. The molecule has 0 saturated carbocycles. The summed E-state index contributed by atoms with van der Waals surface area (Å²) in [6, 6.07) is 9.63. The Hall–Kier alpha value is -2.04. The summed E-state index contributed by atoms with van der Waals surface area (Å²) in [7, 11) is 0. The zero-order valence-electron chi connectivity index (χ0n) is 12.0. The summed E-state index contributed by atoms with van der Waals surface area (Å²) in [5.41, 5.74) is 2.33. The molecule has 0 saturated heterocycles. The molecule has 118 valence electrons. The minimum atomic E-state index is -0.987. The Morgan fingerprint density at radius 1 is 1.13 bits per heavy atom. The Bertz CT molecular complexity index is 784. The minimum Gasteiger partial charge on any atom is -0.478 e. The van der Waals surface area contributed by atoms with Gasteiger partial charge in [0.1, 0.15) is 0 Å². The molecule has 0 aliphatic heterocycles. The third-order valence-electron chi connectivity index (χ3n) is 3.97. The van der Waals surface area contributed by atoms with Crippen LogP contribution in [0.3, 0.4) is 0 Å². The second kappa shape index (κ2) is 6.22. The summed E-state index contributed by atoms with van der Waals surface area (Å²) in [5, 5.41) is 12.6. The summed E-state index contributed by atoms with van der Waals surface area (Å²) < 4.78 is 0. The highest BCUT2D eigenvalue weighted by atomic mass is 35.5. The minimum absolute atomic E-state index is 0.209. The number of fused-ring (bicyclic) bond motifs is 1. The average Bonchev–Trinajstić information content (AvgIpc) is 2.89. The first kappa shape index (κ1) is 15.8. The van der Waals surface area contributed by atoms with E-state index in [4.69, 9.17) is 28.3 Å². The Balaban J connectivity index is 1.87. The fraction of sp³-hybridized carbons (Fsp3) is 0.176. The summed E-state index contributed by atoms with van der Waals surface area (Å²) in [5.74, 6) is -1.35. The molecule has 6 heteroatoms. The number of rotatable bonds is 3. The van der Waals surface area contributed by atoms with Crippen LogP contribution in [0.25, 0.3) is 0 Å². The lowest BCUT2D eigenvalue weighted by Crippen LogP contribution is -2.27. The maximum absolute atomic E-state index is 12.5. The molecule has 0 radical (unpaired) electrons. The van der Waals surface area contributed by atoms with Crippen LogP contribution in [0.2, 0.25) is 10.0 Å². The Labute approximate surface area is 143 Å². The molecule has 0 unspecified atom stereocenters. The number of carboxylic acids is 1. The molecule has 1 aliphatic rings. The Morgan fingerprint density at radius 2 is 1.83 bits per heavy atom. The van der Waals surface area contributed by atoms with E-state index in [1.807, 2.05) is 0 Å². The normalized spacial score (nSPS) is 16.0. The van der Waals surface area contributed by atoms with Crippen LogP contribution in [0.5, 0.6) is 0 Å². The molecule has 4 nitrogen and oxygen atoms in total. The van der Waals surface area contributed by atoms with E-state index < -0.39 is 5.97 Å². The van der Waals surface area contributed by atoms with Crippen LogP contribution in [-0.4, -0.2) is 17.0 Å². The van der Waals surface area contributed by atoms with Gasteiger partial charge >= 0.3 is 5.97 Å². The second-order valence-electron chi connectivity index (χ2n) is 5.38. The summed E-state index contributed by atoms with van der Waals surface area (Å²) >= 11 is 12.1. The molecule has 2 aromatic carbocycles. The van der Waals surface area contributed by atoms with E-state index in [9.17, 15) is 9.59 Å². The zero-order chi connectivity index (χ0) is 16.6. The first-order chi connectivity index (χ1) is 11.0. The molecular formula is C17H13Cl2NO3. The second-order valence-corrected chi connectivity index (χ2v) is 6.19. The van der Waals surface area contributed by atoms with Gasteiger partial charge in [0.05, 0.1) is 27.2 Å². The van der Waals surface area contributed by atoms with Gasteiger partial charge in [0.25, 0.3) is 5.91 Å². The molecule has 0 bridgehead atoms. The maximum Gasteiger partial charge on any atom is 0.335 e. The SMILES string of the molecule is O=C(O)c1ccc2c(c1)[C@H](NC(=O)c1c(Cl)cccc1Cl)CC2. The van der Waals surface area contributed by atoms with Crippen molar-refractivity contribution < 1.29 is 14.7 Å². The van der Waals surface area contributed by atoms with E-state index in [-0.39, 0.29) is 33.1 Å². The van der Waals surface area contributed by atoms with E-state index in [0.29, 0.717) is 6.42 Å². The van der Waals surface area contributed by atoms with Gasteiger partial charge in [0, 0.05) is 0 Å². The van der Waals surface area contributed by atoms with Crippen LogP contribution >= 0.6 is 23.2 Å². The van der Waals surface area contributed by atoms with Gasteiger partial charge in [-0.25, -0.2) is 4.79 Å². The zero-order valence-corrected chi connectivity index (χ0v) is 13.5. The summed E-state index contributed by atoms with van der Waals surface area (Å²) in [6.45, 7) is 0. The van der Waals surface area contributed by atoms with E-state index in [2.05, 4.69) is 5.32 Å². The largest absolute Gasteiger partial charge is 0.478 e. The first-order valence-corrected chi connectivity index (χ1v) is 7.84. The van der Waals surface area contributed by atoms with Gasteiger partial charge in [0.15, 0.2) is 0 Å². The number of benzene rings is 2. The number of carboxylic acid groups (broad SMARTS) is 1. The fourth-order valence-electron chi connectivity index (χ4n) is 2.83. The quantitative estimate of drug-likeness (QED) is 0.876. The molecule has 0 aromatic heterocycles. The topological polar surface area (TPSA) is 66.4 Å². The standard InChI is InChI=1S/C17H13Cl2NO3/c18-12-2-1-3-13(19)15(12)16(21)20-14-7-6-9-4-5-10(17(22)23)8-11(9)14/h1-5,8,14H,6-7H2,(H,20,21)(H,22,23)/t14-/m1/s1. The van der Waals surface area contributed by atoms with Crippen LogP contribution < -0.4 is 5.32 Å². The number of carbonyl (C=O) groups excluding carboxylic acids is 1. The molecule has 2 aromatic rings. The molecule has 1 atom stereocenters. The average molecular weight is 350 g/mol. The van der Waals surface area contributed by atoms with Gasteiger partial charge in [-0.2, -0.15) is 0 Å². The summed E-state index contributed by atoms with van der Waals surface area (Å²) in [6.07, 6.45) is 1.50. The van der Waals surface area contributed by atoms with Crippen LogP contribution in [0.1, 0.15) is 44.3 Å². The van der Waals surface area contributed by atoms with Crippen molar-refractivity contribution in [2.75, 3.05) is 0 Å². The van der Waals surface area contributed by atoms with Crippen molar-refractivity contribution in [1.29, 1.82) is 0 Å². The lowest BCUT2D eigenvalue weighted by atomic mass is 10.0. The van der Waals surface area contributed by atoms with Gasteiger partial charge < -0.3 is 10.4 Å². The molecule has 0 heterocycles. The Kier molecular flexibility index (Phi) is 4.28. The van der Waals surface area contributed by atoms with E-state index in [0.717, 1.165) is 17.5 Å². The number of hydrogen-bond donors (Lipinski definition) is 2. The molecule has 1 amide bonds. The highest BCUT2D eigenvalue weighted by Crippen LogP contribution is 2.33. The monoisotopic (exact) mass is 349 g/mol. The molecular weight excluding hydrogens is 337 g/mol. The molecule has 0 spiro atoms. The number of nitrogens with one attached hydrogen (secondary N) is 1. The third kappa shape index (κ3) is 3.05. The van der Waals surface area contributed by atoms with Gasteiger partial charge in [-0.3, -0.25) is 4.79 Å². The molecule has 2 N–H and O–H groups in total. The first-order valence-electron chi connectivity index (χ1n) is 7.08. The molecule has 0 fully saturated rings. The van der Waals surface area contributed by atoms with Gasteiger partial charge in [-0.15, -0.1) is 0 Å². The summed E-state index contributed by atoms with van der Waals surface area (Å²) in [4.78, 5) is 23.6. The lowest BCUT2D eigenvalue weighted by Gasteiger charge is -2.16. The van der Waals surface area contributed by atoms with Crippen molar-refractivity contribution in [3.05, 3.63) is 68.7 Å². The fourth-order valence-corrected chi connectivity index (χ4v) is 3.40. The molecule has 1 aliphatic carbocycles. The third-order valence-corrected chi connectivity index (χ3v) is 4.60. The van der Waals surface area contributed by atoms with Crippen LogP contribution in [-0.2, 0) is 6.42 Å². The van der Waals surface area contributed by atoms with Crippen molar-refractivity contribution in [3.63, 3.8) is 0 Å². The van der Waals surface area contributed by atoms with E-state index >= 15 is 0 Å². The number of carbonyl (C=O) groups is 2. The molecule has 3 rings (SSSR count). The number of aromatic carboxylic acids is 1. The van der Waals surface area contributed by atoms with Gasteiger partial charge in [-0.1, -0.05) is 35.3 Å². The van der Waals surface area contributed by atoms with Crippen LogP contribution in [0.4, 0.5) is 0 Å². The highest BCUT2D eigenvalue weighted by molar-refractivity contribution is 6.39. The predicted octanol–water partition coefficient (Wildman–Crippen LogP) is 4.11. The Morgan fingerprint density at radius 3 is 2.48 bits per heavy atom. The molecule has 23 heavy (non-hydrogen) atoms. The van der Waals surface area contributed by atoms with E-state index in [1.54, 1.807) is 36.4 Å². The van der Waals surface area contributed by atoms with Crippen molar-refractivity contribution in [2.24, 2.45) is 0 Å². The van der Waals surface area contributed by atoms with Crippen molar-refractivity contribution >= 4 is 35.1 Å². The smallest absolute Gasteiger partial charge is 0.335 e. The van der Waals surface area contributed by atoms with Crippen molar-refractivity contribution in [2.45, 2.75) is 18.9 Å². The van der Waals surface area contributed by atoms with Crippen molar-refractivity contribution in [3.8, 4) is 0 Å². The highest BCUT2D eigenvalue weighted by Gasteiger charge is 2.26. The van der Waals surface area contributed by atoms with Crippen molar-refractivity contribution in [1.82, 2.24) is 5.32 Å². The lowest BCUT2D eigenvalue weighted by molar-refractivity contribution is 0.0696. The number of aryl methyl sites for hydroxylation is 1. The van der Waals surface area contributed by atoms with E-state index in [1.165, 1.54) is 0 Å². The van der Waals surface area contributed by atoms with Gasteiger partial charge in [-0.05, 0) is 48.2 Å². The number of amides is 1. The van der Waals surface area contributed by atoms with Crippen LogP contribution in [0.15, 0.2) is 36.4 Å². The maximum atomic E-state index is 12.5. The van der Waals surface area contributed by atoms with Gasteiger partial charge in [0.2, 0.25) is 0 Å². The van der Waals surface area contributed by atoms with Crippen LogP contribution in [0, 0.1) is 0 Å². The number of halogens is 2. The predicted molar refractivity (Wildman–Crippen MR) is 88.4 cm³/mol.